The zero-order chi connectivity index (χ0) is 24.7. The van der Waals surface area contributed by atoms with Crippen molar-refractivity contribution in [3.05, 3.63) is 74.8 Å². The maximum absolute atomic E-state index is 14.3. The molecule has 5 rings (SSSR count). The van der Waals surface area contributed by atoms with Crippen molar-refractivity contribution in [2.45, 2.75) is 13.8 Å². The molecule has 7 nitrogen and oxygen atoms in total. The molecule has 0 bridgehead atoms. The normalized spacial score (nSPS) is 17.8. The van der Waals surface area contributed by atoms with Gasteiger partial charge in [-0.3, -0.25) is 18.9 Å². The van der Waals surface area contributed by atoms with Crippen LogP contribution in [0.25, 0.3) is 11.7 Å². The van der Waals surface area contributed by atoms with Gasteiger partial charge in [0.15, 0.2) is 0 Å². The van der Waals surface area contributed by atoms with Crippen LogP contribution in [0.2, 0.25) is 0 Å². The van der Waals surface area contributed by atoms with Gasteiger partial charge in [0.25, 0.3) is 11.5 Å². The Hall–Kier alpha value is -3.24. The highest BCUT2D eigenvalue weighted by atomic mass is 32.2. The Morgan fingerprint density at radius 2 is 1.80 bits per heavy atom. The minimum Gasteiger partial charge on any atom is -0.366 e. The van der Waals surface area contributed by atoms with E-state index in [1.54, 1.807) is 30.5 Å². The van der Waals surface area contributed by atoms with Gasteiger partial charge in [0, 0.05) is 38.9 Å². The van der Waals surface area contributed by atoms with E-state index >= 15 is 0 Å². The van der Waals surface area contributed by atoms with E-state index in [0.717, 1.165) is 5.56 Å². The fourth-order valence-electron chi connectivity index (χ4n) is 4.44. The Bertz CT molecular complexity index is 1430. The standard InChI is InChI=1S/C25H24FN5O2S2/c1-3-30-24(33)20(35-25(30)34)15-17-22(27-21-16(2)7-6-10-31(21)23(17)32)29-13-11-28(12-14-29)19-9-5-4-8-18(19)26/h4-10,15H,3,11-14H2,1-2H3. The minimum absolute atomic E-state index is 0.202. The third kappa shape index (κ3) is 4.21. The monoisotopic (exact) mass is 509 g/mol. The van der Waals surface area contributed by atoms with Gasteiger partial charge >= 0.3 is 0 Å². The van der Waals surface area contributed by atoms with Crippen LogP contribution in [0.15, 0.2) is 52.3 Å². The zero-order valence-electron chi connectivity index (χ0n) is 19.4. The minimum atomic E-state index is -0.253. The third-order valence-electron chi connectivity index (χ3n) is 6.30. The summed E-state index contributed by atoms with van der Waals surface area (Å²) in [5.74, 6) is 0.0723. The van der Waals surface area contributed by atoms with Crippen molar-refractivity contribution >= 4 is 57.4 Å². The van der Waals surface area contributed by atoms with E-state index in [2.05, 4.69) is 0 Å². The number of carbonyl (C=O) groups excluding carboxylic acids is 1. The van der Waals surface area contributed by atoms with Crippen LogP contribution in [0.5, 0.6) is 0 Å². The molecule has 3 aromatic rings. The quantitative estimate of drug-likeness (QED) is 0.393. The van der Waals surface area contributed by atoms with Crippen LogP contribution < -0.4 is 15.4 Å². The number of piperazine rings is 1. The predicted octanol–water partition coefficient (Wildman–Crippen LogP) is 3.69. The molecule has 35 heavy (non-hydrogen) atoms. The third-order valence-corrected chi connectivity index (χ3v) is 7.68. The molecule has 0 saturated carbocycles. The largest absolute Gasteiger partial charge is 0.366 e. The molecule has 2 aliphatic rings. The molecule has 0 aliphatic carbocycles. The molecule has 180 valence electrons. The SMILES string of the molecule is CCN1C(=O)C(=Cc2c(N3CCN(c4ccccc4F)CC3)nc3c(C)cccn3c2=O)SC1=S. The molecule has 2 aliphatic heterocycles. The van der Waals surface area contributed by atoms with Crippen LogP contribution in [0, 0.1) is 12.7 Å². The number of para-hydroxylation sites is 1. The molecule has 2 saturated heterocycles. The fraction of sp³-hybridized carbons (Fsp3) is 0.280. The van der Waals surface area contributed by atoms with Crippen molar-refractivity contribution in [2.75, 3.05) is 42.5 Å². The van der Waals surface area contributed by atoms with E-state index in [1.807, 2.05) is 35.8 Å². The Labute approximate surface area is 211 Å². The number of aromatic nitrogens is 2. The summed E-state index contributed by atoms with van der Waals surface area (Å²) in [5.41, 5.74) is 2.12. The molecule has 0 spiro atoms. The smallest absolute Gasteiger partial charge is 0.267 e. The van der Waals surface area contributed by atoms with E-state index in [1.165, 1.54) is 27.1 Å². The highest BCUT2D eigenvalue weighted by molar-refractivity contribution is 8.26. The highest BCUT2D eigenvalue weighted by Gasteiger charge is 2.32. The number of aryl methyl sites for hydroxylation is 1. The number of pyridine rings is 1. The molecule has 1 amide bonds. The molecule has 10 heteroatoms. The average Bonchev–Trinajstić information content (AvgIpc) is 3.13. The highest BCUT2D eigenvalue weighted by Crippen LogP contribution is 2.33. The number of rotatable bonds is 4. The van der Waals surface area contributed by atoms with Crippen molar-refractivity contribution in [2.24, 2.45) is 0 Å². The lowest BCUT2D eigenvalue weighted by molar-refractivity contribution is -0.121. The Morgan fingerprint density at radius 3 is 2.49 bits per heavy atom. The van der Waals surface area contributed by atoms with Crippen LogP contribution in [-0.4, -0.2) is 57.2 Å². The summed E-state index contributed by atoms with van der Waals surface area (Å²) in [4.78, 5) is 37.3. The number of hydrogen-bond donors (Lipinski definition) is 0. The summed E-state index contributed by atoms with van der Waals surface area (Å²) in [6, 6.07) is 10.4. The Kier molecular flexibility index (Phi) is 6.33. The number of hydrogen-bond acceptors (Lipinski definition) is 7. The number of benzene rings is 1. The molecule has 2 aromatic heterocycles. The maximum Gasteiger partial charge on any atom is 0.267 e. The van der Waals surface area contributed by atoms with E-state index in [0.29, 0.717) is 64.7 Å². The van der Waals surface area contributed by atoms with Crippen molar-refractivity contribution in [3.8, 4) is 0 Å². The lowest BCUT2D eigenvalue weighted by atomic mass is 10.2. The van der Waals surface area contributed by atoms with E-state index in [-0.39, 0.29) is 17.3 Å². The second-order valence-electron chi connectivity index (χ2n) is 8.39. The summed E-state index contributed by atoms with van der Waals surface area (Å²) in [7, 11) is 0. The fourth-order valence-corrected chi connectivity index (χ4v) is 5.80. The Balaban J connectivity index is 1.56. The number of anilines is 2. The van der Waals surface area contributed by atoms with E-state index < -0.39 is 0 Å². The van der Waals surface area contributed by atoms with Crippen LogP contribution in [0.4, 0.5) is 15.9 Å². The van der Waals surface area contributed by atoms with Gasteiger partial charge in [0.05, 0.1) is 16.2 Å². The lowest BCUT2D eigenvalue weighted by Gasteiger charge is -2.37. The molecule has 0 atom stereocenters. The van der Waals surface area contributed by atoms with Crippen molar-refractivity contribution in [3.63, 3.8) is 0 Å². The first kappa shape index (κ1) is 23.5. The number of fused-ring (bicyclic) bond motifs is 1. The van der Waals surface area contributed by atoms with E-state index in [9.17, 15) is 14.0 Å². The summed E-state index contributed by atoms with van der Waals surface area (Å²) < 4.78 is 16.3. The molecule has 1 aromatic carbocycles. The van der Waals surface area contributed by atoms with Crippen molar-refractivity contribution < 1.29 is 9.18 Å². The maximum atomic E-state index is 14.3. The molecular formula is C25H24FN5O2S2. The summed E-state index contributed by atoms with van der Waals surface area (Å²) >= 11 is 6.54. The molecule has 4 heterocycles. The topological polar surface area (TPSA) is 61.2 Å². The number of likely N-dealkylation sites (N-methyl/N-ethyl adjacent to an activating group) is 1. The second-order valence-corrected chi connectivity index (χ2v) is 10.1. The van der Waals surface area contributed by atoms with Gasteiger partial charge in [-0.15, -0.1) is 0 Å². The van der Waals surface area contributed by atoms with Crippen molar-refractivity contribution in [1.82, 2.24) is 14.3 Å². The lowest BCUT2D eigenvalue weighted by Crippen LogP contribution is -2.47. The summed E-state index contributed by atoms with van der Waals surface area (Å²) in [5, 5.41) is 0. The van der Waals surface area contributed by atoms with Gasteiger partial charge in [-0.05, 0) is 43.7 Å². The molecular weight excluding hydrogens is 485 g/mol. The summed E-state index contributed by atoms with van der Waals surface area (Å²) in [6.07, 6.45) is 3.31. The first-order valence-corrected chi connectivity index (χ1v) is 12.6. The van der Waals surface area contributed by atoms with Gasteiger partial charge in [0.1, 0.15) is 21.6 Å². The number of carbonyl (C=O) groups is 1. The van der Waals surface area contributed by atoms with Crippen LogP contribution in [0.3, 0.4) is 0 Å². The second kappa shape index (κ2) is 9.43. The molecule has 0 N–H and O–H groups in total. The molecule has 2 fully saturated rings. The first-order chi connectivity index (χ1) is 16.9. The first-order valence-electron chi connectivity index (χ1n) is 11.4. The number of thioether (sulfide) groups is 1. The summed E-state index contributed by atoms with van der Waals surface area (Å²) in [6.45, 7) is 6.51. The Morgan fingerprint density at radius 1 is 1.09 bits per heavy atom. The number of halogens is 1. The number of amides is 1. The van der Waals surface area contributed by atoms with Crippen LogP contribution in [-0.2, 0) is 4.79 Å². The predicted molar refractivity (Wildman–Crippen MR) is 143 cm³/mol. The van der Waals surface area contributed by atoms with Gasteiger partial charge < -0.3 is 9.80 Å². The molecule has 0 radical (unpaired) electrons. The van der Waals surface area contributed by atoms with Gasteiger partial charge in [-0.25, -0.2) is 9.37 Å². The van der Waals surface area contributed by atoms with Crippen LogP contribution >= 0.6 is 24.0 Å². The average molecular weight is 510 g/mol. The zero-order valence-corrected chi connectivity index (χ0v) is 21.0. The number of thiocarbonyl (C=S) groups is 1. The van der Waals surface area contributed by atoms with Crippen molar-refractivity contribution in [1.29, 1.82) is 0 Å². The van der Waals surface area contributed by atoms with Gasteiger partial charge in [-0.1, -0.05) is 42.2 Å². The van der Waals surface area contributed by atoms with Crippen LogP contribution in [0.1, 0.15) is 18.1 Å². The number of nitrogens with zero attached hydrogens (tertiary/aromatic N) is 5. The van der Waals surface area contributed by atoms with E-state index in [4.69, 9.17) is 17.2 Å². The van der Waals surface area contributed by atoms with Gasteiger partial charge in [0.2, 0.25) is 0 Å². The molecule has 0 unspecified atom stereocenters. The van der Waals surface area contributed by atoms with Gasteiger partial charge in [-0.2, -0.15) is 0 Å².